The van der Waals surface area contributed by atoms with Crippen LogP contribution in [0.3, 0.4) is 0 Å². The number of rotatable bonds is 16. The highest BCUT2D eigenvalue weighted by Crippen LogP contribution is 2.10. The van der Waals surface area contributed by atoms with E-state index in [0.717, 1.165) is 13.0 Å². The molecule has 0 aliphatic carbocycles. The first-order chi connectivity index (χ1) is 16.5. The Balaban J connectivity index is 2.95. The van der Waals surface area contributed by atoms with E-state index < -0.39 is 35.9 Å². The lowest BCUT2D eigenvalue weighted by atomic mass is 10.0. The van der Waals surface area contributed by atoms with Crippen LogP contribution in [0.4, 0.5) is 0 Å². The van der Waals surface area contributed by atoms with Gasteiger partial charge in [-0.15, -0.1) is 0 Å². The molecule has 4 atom stereocenters. The summed E-state index contributed by atoms with van der Waals surface area (Å²) in [6, 6.07) is -3.26. The van der Waals surface area contributed by atoms with Gasteiger partial charge in [0, 0.05) is 6.54 Å². The van der Waals surface area contributed by atoms with Crippen LogP contribution in [0.5, 0.6) is 0 Å². The Morgan fingerprint density at radius 2 is 1.71 bits per heavy atom. The number of carbonyl (C=O) groups excluding carboxylic acids is 3. The number of nitrogens with one attached hydrogen (secondary N) is 4. The minimum absolute atomic E-state index is 0.0849. The Kier molecular flexibility index (Phi) is 14.1. The Morgan fingerprint density at radius 3 is 2.26 bits per heavy atom. The molecule has 9 N–H and O–H groups in total. The summed E-state index contributed by atoms with van der Waals surface area (Å²) in [6.07, 6.45) is 4.64. The Hall–Kier alpha value is -2.54. The smallest absolute Gasteiger partial charge is 0.326 e. The number of aliphatic carboxylic acids is 1. The van der Waals surface area contributed by atoms with Gasteiger partial charge in [0.15, 0.2) is 5.96 Å². The molecule has 0 saturated carbocycles. The molecule has 1 aliphatic heterocycles. The third kappa shape index (κ3) is 12.1. The van der Waals surface area contributed by atoms with Crippen molar-refractivity contribution >= 4 is 41.4 Å². The second-order valence-electron chi connectivity index (χ2n) is 9.03. The van der Waals surface area contributed by atoms with Gasteiger partial charge in [0.2, 0.25) is 17.7 Å². The van der Waals surface area contributed by atoms with E-state index in [-0.39, 0.29) is 43.2 Å². The number of aliphatic imine (C=N–C) groups is 1. The molecule has 4 unspecified atom stereocenters. The number of hydrogen-bond donors (Lipinski definition) is 7. The molecule has 1 aliphatic rings. The summed E-state index contributed by atoms with van der Waals surface area (Å²) in [6.45, 7) is 4.86. The van der Waals surface area contributed by atoms with Crippen molar-refractivity contribution in [3.05, 3.63) is 0 Å². The van der Waals surface area contributed by atoms with E-state index in [1.54, 1.807) is 0 Å². The highest BCUT2D eigenvalue weighted by molar-refractivity contribution is 7.98. The number of guanidine groups is 1. The zero-order valence-corrected chi connectivity index (χ0v) is 21.7. The molecule has 1 rings (SSSR count). The fourth-order valence-corrected chi connectivity index (χ4v) is 4.17. The lowest BCUT2D eigenvalue weighted by molar-refractivity contribution is -0.142. The predicted molar refractivity (Wildman–Crippen MR) is 137 cm³/mol. The fourth-order valence-electron chi connectivity index (χ4n) is 3.69. The molecule has 0 bridgehead atoms. The van der Waals surface area contributed by atoms with Gasteiger partial charge in [0.1, 0.15) is 18.1 Å². The number of nitrogens with two attached hydrogens (primary N) is 2. The lowest BCUT2D eigenvalue weighted by Gasteiger charge is -2.26. The first-order valence-corrected chi connectivity index (χ1v) is 13.4. The highest BCUT2D eigenvalue weighted by atomic mass is 32.2. The van der Waals surface area contributed by atoms with E-state index in [4.69, 9.17) is 11.5 Å². The normalized spacial score (nSPS) is 17.8. The molecule has 0 aromatic rings. The van der Waals surface area contributed by atoms with Crippen LogP contribution in [-0.4, -0.2) is 84.0 Å². The van der Waals surface area contributed by atoms with Crippen molar-refractivity contribution in [2.24, 2.45) is 22.4 Å². The standard InChI is InChI=1S/C22H41N7O5S/c1-13(2)12-17(29-18(30)14-6-4-9-25-14)20(32)27-15(7-5-10-26-22(23)24)19(31)28-16(21(33)34)8-11-35-3/h13-17,25H,4-12H2,1-3H3,(H,27,32)(H,28,31)(H,29,30)(H,33,34)(H4,23,24,26). The Morgan fingerprint density at radius 1 is 1.06 bits per heavy atom. The summed E-state index contributed by atoms with van der Waals surface area (Å²) >= 11 is 1.47. The summed E-state index contributed by atoms with van der Waals surface area (Å²) in [5.74, 6) is -1.92. The average Bonchev–Trinajstić information content (AvgIpc) is 3.32. The monoisotopic (exact) mass is 515 g/mol. The molecular formula is C22H41N7O5S. The summed E-state index contributed by atoms with van der Waals surface area (Å²) in [4.78, 5) is 54.2. The molecule has 1 saturated heterocycles. The zero-order valence-electron chi connectivity index (χ0n) is 20.8. The molecule has 3 amide bonds. The number of hydrogen-bond acceptors (Lipinski definition) is 7. The van der Waals surface area contributed by atoms with Crippen molar-refractivity contribution in [3.63, 3.8) is 0 Å². The number of thioether (sulfide) groups is 1. The van der Waals surface area contributed by atoms with Gasteiger partial charge in [-0.05, 0) is 63.0 Å². The van der Waals surface area contributed by atoms with E-state index in [2.05, 4.69) is 26.3 Å². The van der Waals surface area contributed by atoms with Crippen LogP contribution in [0, 0.1) is 5.92 Å². The first kappa shape index (κ1) is 30.5. The predicted octanol–water partition coefficient (Wildman–Crippen LogP) is -0.870. The van der Waals surface area contributed by atoms with E-state index >= 15 is 0 Å². The SMILES string of the molecule is CSCCC(NC(=O)C(CCCN=C(N)N)NC(=O)C(CC(C)C)NC(=O)C1CCCN1)C(=O)O. The van der Waals surface area contributed by atoms with Crippen molar-refractivity contribution in [1.29, 1.82) is 0 Å². The lowest BCUT2D eigenvalue weighted by Crippen LogP contribution is -2.57. The molecule has 1 fully saturated rings. The number of carboxylic acid groups (broad SMARTS) is 1. The zero-order chi connectivity index (χ0) is 26.4. The van der Waals surface area contributed by atoms with E-state index in [1.807, 2.05) is 20.1 Å². The van der Waals surface area contributed by atoms with Gasteiger partial charge in [-0.1, -0.05) is 13.8 Å². The Labute approximate surface area is 211 Å². The van der Waals surface area contributed by atoms with Crippen molar-refractivity contribution < 1.29 is 24.3 Å². The molecule has 12 nitrogen and oxygen atoms in total. The minimum Gasteiger partial charge on any atom is -0.480 e. The van der Waals surface area contributed by atoms with Crippen molar-refractivity contribution in [1.82, 2.24) is 21.3 Å². The van der Waals surface area contributed by atoms with Crippen LogP contribution in [0.25, 0.3) is 0 Å². The van der Waals surface area contributed by atoms with Gasteiger partial charge >= 0.3 is 5.97 Å². The quantitative estimate of drug-likeness (QED) is 0.0775. The van der Waals surface area contributed by atoms with Crippen LogP contribution in [0.2, 0.25) is 0 Å². The average molecular weight is 516 g/mol. The molecule has 1 heterocycles. The summed E-state index contributed by atoms with van der Waals surface area (Å²) < 4.78 is 0. The molecule has 0 spiro atoms. The highest BCUT2D eigenvalue weighted by Gasteiger charge is 2.31. The van der Waals surface area contributed by atoms with Crippen molar-refractivity contribution in [3.8, 4) is 0 Å². The van der Waals surface area contributed by atoms with Crippen molar-refractivity contribution in [2.75, 3.05) is 25.1 Å². The second kappa shape index (κ2) is 16.2. The minimum atomic E-state index is -1.15. The van der Waals surface area contributed by atoms with Crippen LogP contribution in [0.1, 0.15) is 52.4 Å². The summed E-state index contributed by atoms with van der Waals surface area (Å²) in [5.41, 5.74) is 10.7. The molecular weight excluding hydrogens is 474 g/mol. The number of carboxylic acids is 1. The largest absolute Gasteiger partial charge is 0.480 e. The molecule has 13 heteroatoms. The van der Waals surface area contributed by atoms with Crippen LogP contribution >= 0.6 is 11.8 Å². The van der Waals surface area contributed by atoms with Gasteiger partial charge in [-0.3, -0.25) is 19.4 Å². The van der Waals surface area contributed by atoms with Gasteiger partial charge in [-0.25, -0.2) is 4.79 Å². The van der Waals surface area contributed by atoms with Crippen molar-refractivity contribution in [2.45, 2.75) is 76.5 Å². The van der Waals surface area contributed by atoms with Gasteiger partial charge in [0.25, 0.3) is 0 Å². The molecule has 200 valence electrons. The summed E-state index contributed by atoms with van der Waals surface area (Å²) in [7, 11) is 0. The molecule has 0 aromatic carbocycles. The molecule has 0 radical (unpaired) electrons. The maximum atomic E-state index is 13.2. The topological polar surface area (TPSA) is 201 Å². The number of nitrogens with zero attached hydrogens (tertiary/aromatic N) is 1. The molecule has 0 aromatic heterocycles. The Bertz CT molecular complexity index is 740. The second-order valence-corrected chi connectivity index (χ2v) is 10.0. The van der Waals surface area contributed by atoms with Gasteiger partial charge in [0.05, 0.1) is 6.04 Å². The van der Waals surface area contributed by atoms with Gasteiger partial charge < -0.3 is 37.8 Å². The van der Waals surface area contributed by atoms with Crippen LogP contribution in [-0.2, 0) is 19.2 Å². The maximum Gasteiger partial charge on any atom is 0.326 e. The maximum absolute atomic E-state index is 13.2. The first-order valence-electron chi connectivity index (χ1n) is 12.0. The summed E-state index contributed by atoms with van der Waals surface area (Å²) in [5, 5.41) is 20.6. The van der Waals surface area contributed by atoms with Gasteiger partial charge in [-0.2, -0.15) is 11.8 Å². The number of carbonyl (C=O) groups is 4. The van der Waals surface area contributed by atoms with Crippen LogP contribution < -0.4 is 32.7 Å². The van der Waals surface area contributed by atoms with E-state index in [1.165, 1.54) is 11.8 Å². The number of amides is 3. The fraction of sp³-hybridized carbons (Fsp3) is 0.773. The van der Waals surface area contributed by atoms with E-state index in [0.29, 0.717) is 25.0 Å². The van der Waals surface area contributed by atoms with Crippen LogP contribution in [0.15, 0.2) is 4.99 Å². The van der Waals surface area contributed by atoms with E-state index in [9.17, 15) is 24.3 Å². The molecule has 35 heavy (non-hydrogen) atoms. The third-order valence-corrected chi connectivity index (χ3v) is 6.16. The third-order valence-electron chi connectivity index (χ3n) is 5.52.